The van der Waals surface area contributed by atoms with Crippen LogP contribution in [0, 0.1) is 11.8 Å². The minimum absolute atomic E-state index is 0.287. The van der Waals surface area contributed by atoms with Gasteiger partial charge in [-0.25, -0.2) is 4.79 Å². The van der Waals surface area contributed by atoms with Crippen LogP contribution in [0.4, 0.5) is 0 Å². The normalized spacial score (nSPS) is 34.4. The van der Waals surface area contributed by atoms with Gasteiger partial charge < -0.3 is 20.6 Å². The fraction of sp³-hybridized carbons (Fsp3) is 0.737. The lowest BCUT2D eigenvalue weighted by Gasteiger charge is -2.49. The molecule has 0 aromatic heterocycles. The molecule has 0 aromatic carbocycles. The molecule has 3 aliphatic rings. The van der Waals surface area contributed by atoms with Gasteiger partial charge in [0, 0.05) is 46.3 Å². The summed E-state index contributed by atoms with van der Waals surface area (Å²) in [7, 11) is 1.99. The van der Waals surface area contributed by atoms with Gasteiger partial charge in [0.15, 0.2) is 0 Å². The van der Waals surface area contributed by atoms with Crippen LogP contribution in [-0.4, -0.2) is 53.4 Å². The van der Waals surface area contributed by atoms with Crippen molar-refractivity contribution < 1.29 is 9.90 Å². The Morgan fingerprint density at radius 2 is 2.28 bits per heavy atom. The van der Waals surface area contributed by atoms with Crippen molar-refractivity contribution in [2.24, 2.45) is 11.8 Å². The first-order chi connectivity index (χ1) is 12.0. The van der Waals surface area contributed by atoms with E-state index >= 15 is 0 Å². The van der Waals surface area contributed by atoms with Gasteiger partial charge in [-0.15, -0.1) is 11.8 Å². The first kappa shape index (κ1) is 18.8. The van der Waals surface area contributed by atoms with E-state index in [4.69, 9.17) is 0 Å². The average Bonchev–Trinajstić information content (AvgIpc) is 3.11. The number of fused-ring (bicyclic) bond motifs is 1. The van der Waals surface area contributed by atoms with E-state index in [1.165, 1.54) is 12.8 Å². The summed E-state index contributed by atoms with van der Waals surface area (Å²) in [4.78, 5) is 15.0. The molecular formula is C19H31N3O2S. The molecule has 5 nitrogen and oxygen atoms in total. The number of nitrogens with zero attached hydrogens (tertiary/aromatic N) is 1. The van der Waals surface area contributed by atoms with Crippen LogP contribution < -0.4 is 10.6 Å². The largest absolute Gasteiger partial charge is 0.477 e. The number of aliphatic carboxylic acids is 1. The van der Waals surface area contributed by atoms with Gasteiger partial charge in [-0.05, 0) is 39.3 Å². The van der Waals surface area contributed by atoms with E-state index in [2.05, 4.69) is 31.1 Å². The number of carboxylic acids is 1. The number of hydrogen-bond donors (Lipinski definition) is 3. The molecule has 0 aliphatic carbocycles. The van der Waals surface area contributed by atoms with E-state index in [0.717, 1.165) is 36.5 Å². The zero-order valence-electron chi connectivity index (χ0n) is 15.5. The first-order valence-corrected chi connectivity index (χ1v) is 10.4. The molecule has 0 radical (unpaired) electrons. The highest BCUT2D eigenvalue weighted by Crippen LogP contribution is 2.55. The summed E-state index contributed by atoms with van der Waals surface area (Å²) >= 11 is 1.80. The molecule has 0 unspecified atom stereocenters. The van der Waals surface area contributed by atoms with Crippen molar-refractivity contribution in [3.63, 3.8) is 0 Å². The quantitative estimate of drug-likeness (QED) is 0.575. The van der Waals surface area contributed by atoms with Crippen LogP contribution in [-0.2, 0) is 4.79 Å². The fourth-order valence-electron chi connectivity index (χ4n) is 4.66. The minimum atomic E-state index is -0.802. The van der Waals surface area contributed by atoms with Gasteiger partial charge in [-0.3, -0.25) is 0 Å². The second kappa shape index (κ2) is 7.72. The summed E-state index contributed by atoms with van der Waals surface area (Å²) in [5.74, 6) is -0.0857. The van der Waals surface area contributed by atoms with Crippen LogP contribution in [0.5, 0.6) is 0 Å². The molecule has 0 spiro atoms. The van der Waals surface area contributed by atoms with Crippen molar-refractivity contribution in [2.75, 3.05) is 20.1 Å². The molecule has 140 valence electrons. The third-order valence-corrected chi connectivity index (χ3v) is 7.46. The monoisotopic (exact) mass is 365 g/mol. The standard InChI is InChI=1S/C19H31N3O2S/c1-5-15-12(3)22-16(15)11(2)18(17(22)19(23)24)25-14-9-13(21-10-14)7-6-8-20-4/h11,13-16,20-21H,3,5-10H2,1-2,4H3,(H,23,24)/t11-,13-,14+,15+,16-/m1/s1. The van der Waals surface area contributed by atoms with Crippen molar-refractivity contribution in [2.45, 2.75) is 56.9 Å². The van der Waals surface area contributed by atoms with E-state index in [9.17, 15) is 9.90 Å². The molecule has 3 N–H and O–H groups in total. The topological polar surface area (TPSA) is 64.6 Å². The molecule has 25 heavy (non-hydrogen) atoms. The van der Waals surface area contributed by atoms with Crippen LogP contribution in [0.1, 0.15) is 39.5 Å². The summed E-state index contributed by atoms with van der Waals surface area (Å²) in [6.45, 7) is 10.5. The molecule has 0 aromatic rings. The minimum Gasteiger partial charge on any atom is -0.477 e. The summed E-state index contributed by atoms with van der Waals surface area (Å²) in [6, 6.07) is 0.860. The van der Waals surface area contributed by atoms with Gasteiger partial charge in [0.1, 0.15) is 5.70 Å². The van der Waals surface area contributed by atoms with Crippen LogP contribution in [0.2, 0.25) is 0 Å². The maximum atomic E-state index is 11.9. The number of rotatable bonds is 8. The van der Waals surface area contributed by atoms with Crippen LogP contribution in [0.15, 0.2) is 22.9 Å². The lowest BCUT2D eigenvalue weighted by molar-refractivity contribution is -0.135. The van der Waals surface area contributed by atoms with Gasteiger partial charge in [-0.1, -0.05) is 20.4 Å². The van der Waals surface area contributed by atoms with Gasteiger partial charge in [0.2, 0.25) is 0 Å². The Bertz CT molecular complexity index is 577. The molecule has 3 rings (SSSR count). The second-order valence-electron chi connectivity index (χ2n) is 7.50. The Labute approximate surface area is 155 Å². The summed E-state index contributed by atoms with van der Waals surface area (Å²) in [5, 5.41) is 17.1. The number of carbonyl (C=O) groups is 1. The predicted molar refractivity (Wildman–Crippen MR) is 103 cm³/mol. The zero-order valence-corrected chi connectivity index (χ0v) is 16.4. The Morgan fingerprint density at radius 3 is 2.92 bits per heavy atom. The van der Waals surface area contributed by atoms with Gasteiger partial charge in [0.25, 0.3) is 0 Å². The molecule has 5 atom stereocenters. The Hall–Kier alpha value is -0.980. The van der Waals surface area contributed by atoms with Crippen molar-refractivity contribution in [3.05, 3.63) is 22.9 Å². The number of hydrogen-bond acceptors (Lipinski definition) is 5. The van der Waals surface area contributed by atoms with Crippen LogP contribution in [0.25, 0.3) is 0 Å². The molecule has 2 fully saturated rings. The SMILES string of the molecule is C=C1[C@H](CC)[C@H]2[C@@H](C)C(S[C@@H]3CN[C@H](CCCNC)C3)=C(C(=O)O)N12. The maximum Gasteiger partial charge on any atom is 0.353 e. The van der Waals surface area contributed by atoms with E-state index in [1.54, 1.807) is 11.8 Å². The lowest BCUT2D eigenvalue weighted by atomic mass is 9.79. The van der Waals surface area contributed by atoms with E-state index < -0.39 is 5.97 Å². The van der Waals surface area contributed by atoms with E-state index in [0.29, 0.717) is 28.9 Å². The Morgan fingerprint density at radius 1 is 1.52 bits per heavy atom. The molecule has 0 saturated carbocycles. The van der Waals surface area contributed by atoms with E-state index in [-0.39, 0.29) is 5.92 Å². The lowest BCUT2D eigenvalue weighted by Crippen LogP contribution is -2.52. The molecule has 2 saturated heterocycles. The smallest absolute Gasteiger partial charge is 0.353 e. The predicted octanol–water partition coefficient (Wildman–Crippen LogP) is 2.62. The molecular weight excluding hydrogens is 334 g/mol. The Balaban J connectivity index is 1.67. The number of nitrogens with one attached hydrogen (secondary N) is 2. The van der Waals surface area contributed by atoms with Crippen molar-refractivity contribution in [1.29, 1.82) is 0 Å². The van der Waals surface area contributed by atoms with Crippen molar-refractivity contribution in [1.82, 2.24) is 15.5 Å². The first-order valence-electron chi connectivity index (χ1n) is 9.49. The molecule has 6 heteroatoms. The Kier molecular flexibility index (Phi) is 5.81. The van der Waals surface area contributed by atoms with Crippen molar-refractivity contribution >= 4 is 17.7 Å². The zero-order chi connectivity index (χ0) is 18.1. The maximum absolute atomic E-state index is 11.9. The molecule has 0 amide bonds. The number of carboxylic acid groups (broad SMARTS) is 1. The van der Waals surface area contributed by atoms with Crippen molar-refractivity contribution in [3.8, 4) is 0 Å². The highest BCUT2D eigenvalue weighted by Gasteiger charge is 2.54. The highest BCUT2D eigenvalue weighted by atomic mass is 32.2. The average molecular weight is 366 g/mol. The molecule has 0 bridgehead atoms. The third kappa shape index (κ3) is 3.36. The summed E-state index contributed by atoms with van der Waals surface area (Å²) < 4.78 is 0. The molecule has 3 aliphatic heterocycles. The van der Waals surface area contributed by atoms with Crippen LogP contribution in [0.3, 0.4) is 0 Å². The summed E-state index contributed by atoms with van der Waals surface area (Å²) in [5.41, 5.74) is 1.48. The van der Waals surface area contributed by atoms with Crippen LogP contribution >= 0.6 is 11.8 Å². The highest BCUT2D eigenvalue weighted by molar-refractivity contribution is 8.03. The summed E-state index contributed by atoms with van der Waals surface area (Å²) in [6.07, 6.45) is 4.52. The number of thioether (sulfide) groups is 1. The van der Waals surface area contributed by atoms with Gasteiger partial charge >= 0.3 is 5.97 Å². The van der Waals surface area contributed by atoms with Gasteiger partial charge in [-0.2, -0.15) is 0 Å². The van der Waals surface area contributed by atoms with E-state index in [1.807, 2.05) is 11.9 Å². The fourth-order valence-corrected chi connectivity index (χ4v) is 6.18. The second-order valence-corrected chi connectivity index (χ2v) is 8.84. The van der Waals surface area contributed by atoms with Gasteiger partial charge in [0.05, 0.1) is 0 Å². The molecule has 3 heterocycles. The third-order valence-electron chi connectivity index (χ3n) is 5.94.